The van der Waals surface area contributed by atoms with Crippen molar-refractivity contribution in [3.05, 3.63) is 59.2 Å². The second-order valence-corrected chi connectivity index (χ2v) is 4.20. The predicted molar refractivity (Wildman–Crippen MR) is 66.3 cm³/mol. The minimum Gasteiger partial charge on any atom is -0.192 e. The number of rotatable bonds is 1. The molecule has 0 amide bonds. The standard InChI is InChI=1S/C15H10F3N/c1-10-6-7-11(9-19)13(8-10)12-4-2-3-5-14(12)15(16,17)18/h2-8H,1H3. The van der Waals surface area contributed by atoms with Crippen LogP contribution in [0.15, 0.2) is 42.5 Å². The van der Waals surface area contributed by atoms with Crippen molar-refractivity contribution in [3.8, 4) is 17.2 Å². The molecule has 0 aliphatic carbocycles. The van der Waals surface area contributed by atoms with E-state index in [9.17, 15) is 13.2 Å². The molecule has 0 unspecified atom stereocenters. The Morgan fingerprint density at radius 1 is 1.00 bits per heavy atom. The lowest BCUT2D eigenvalue weighted by Gasteiger charge is -2.14. The summed E-state index contributed by atoms with van der Waals surface area (Å²) in [7, 11) is 0. The zero-order chi connectivity index (χ0) is 14.0. The van der Waals surface area contributed by atoms with Crippen LogP contribution in [0.1, 0.15) is 16.7 Å². The second kappa shape index (κ2) is 4.77. The van der Waals surface area contributed by atoms with Gasteiger partial charge >= 0.3 is 6.18 Å². The monoisotopic (exact) mass is 261 g/mol. The predicted octanol–water partition coefficient (Wildman–Crippen LogP) is 4.55. The molecule has 0 aromatic heterocycles. The fourth-order valence-corrected chi connectivity index (χ4v) is 1.94. The number of nitriles is 1. The molecule has 0 saturated heterocycles. The summed E-state index contributed by atoms with van der Waals surface area (Å²) in [5.41, 5.74) is 0.677. The van der Waals surface area contributed by atoms with Crippen LogP contribution in [0.4, 0.5) is 13.2 Å². The van der Waals surface area contributed by atoms with E-state index in [2.05, 4.69) is 0 Å². The Balaban J connectivity index is 2.73. The summed E-state index contributed by atoms with van der Waals surface area (Å²) < 4.78 is 39.0. The third kappa shape index (κ3) is 2.60. The number of aryl methyl sites for hydroxylation is 1. The Hall–Kier alpha value is -2.28. The molecular formula is C15H10F3N. The van der Waals surface area contributed by atoms with E-state index in [-0.39, 0.29) is 11.1 Å². The number of benzene rings is 2. The molecule has 0 spiro atoms. The summed E-state index contributed by atoms with van der Waals surface area (Å²) in [6, 6.07) is 12.1. The van der Waals surface area contributed by atoms with Gasteiger partial charge < -0.3 is 0 Å². The summed E-state index contributed by atoms with van der Waals surface area (Å²) >= 11 is 0. The molecule has 0 heterocycles. The van der Waals surface area contributed by atoms with Crippen molar-refractivity contribution in [1.29, 1.82) is 5.26 Å². The lowest BCUT2D eigenvalue weighted by atomic mass is 9.94. The van der Waals surface area contributed by atoms with E-state index in [1.54, 1.807) is 19.1 Å². The summed E-state index contributed by atoms with van der Waals surface area (Å²) in [6.45, 7) is 1.78. The van der Waals surface area contributed by atoms with E-state index in [4.69, 9.17) is 5.26 Å². The Labute approximate surface area is 108 Å². The van der Waals surface area contributed by atoms with E-state index in [0.717, 1.165) is 11.6 Å². The maximum Gasteiger partial charge on any atom is 0.417 e. The van der Waals surface area contributed by atoms with Crippen molar-refractivity contribution in [2.75, 3.05) is 0 Å². The largest absolute Gasteiger partial charge is 0.417 e. The van der Waals surface area contributed by atoms with Gasteiger partial charge in [-0.15, -0.1) is 0 Å². The van der Waals surface area contributed by atoms with Crippen LogP contribution in [-0.4, -0.2) is 0 Å². The minimum atomic E-state index is -4.44. The van der Waals surface area contributed by atoms with Crippen molar-refractivity contribution in [2.24, 2.45) is 0 Å². The first-order valence-electron chi connectivity index (χ1n) is 5.61. The van der Waals surface area contributed by atoms with Gasteiger partial charge in [0.1, 0.15) is 0 Å². The molecule has 2 aromatic rings. The minimum absolute atomic E-state index is 0.0373. The van der Waals surface area contributed by atoms with E-state index >= 15 is 0 Å². The van der Waals surface area contributed by atoms with E-state index in [0.29, 0.717) is 5.56 Å². The summed E-state index contributed by atoms with van der Waals surface area (Å²) in [4.78, 5) is 0. The highest BCUT2D eigenvalue weighted by molar-refractivity contribution is 5.74. The van der Waals surface area contributed by atoms with Gasteiger partial charge in [-0.2, -0.15) is 18.4 Å². The maximum absolute atomic E-state index is 13.0. The Morgan fingerprint density at radius 2 is 1.68 bits per heavy atom. The molecule has 2 rings (SSSR count). The van der Waals surface area contributed by atoms with E-state index in [1.807, 2.05) is 6.07 Å². The Bertz CT molecular complexity index is 651. The summed E-state index contributed by atoms with van der Waals surface area (Å²) in [6.07, 6.45) is -4.44. The Morgan fingerprint density at radius 3 is 2.32 bits per heavy atom. The van der Waals surface area contributed by atoms with Crippen molar-refractivity contribution >= 4 is 0 Å². The first-order valence-corrected chi connectivity index (χ1v) is 5.61. The molecule has 0 aliphatic heterocycles. The van der Waals surface area contributed by atoms with Crippen molar-refractivity contribution in [1.82, 2.24) is 0 Å². The van der Waals surface area contributed by atoms with Gasteiger partial charge in [-0.05, 0) is 24.6 Å². The molecule has 0 atom stereocenters. The zero-order valence-corrected chi connectivity index (χ0v) is 10.1. The second-order valence-electron chi connectivity index (χ2n) is 4.20. The van der Waals surface area contributed by atoms with Crippen LogP contribution in [0.5, 0.6) is 0 Å². The van der Waals surface area contributed by atoms with Gasteiger partial charge in [0.25, 0.3) is 0 Å². The third-order valence-corrected chi connectivity index (χ3v) is 2.82. The first kappa shape index (κ1) is 13.2. The van der Waals surface area contributed by atoms with Gasteiger partial charge in [0, 0.05) is 5.56 Å². The topological polar surface area (TPSA) is 23.8 Å². The van der Waals surface area contributed by atoms with Gasteiger partial charge in [-0.1, -0.05) is 35.9 Å². The molecule has 0 N–H and O–H groups in total. The highest BCUT2D eigenvalue weighted by Crippen LogP contribution is 2.38. The third-order valence-electron chi connectivity index (χ3n) is 2.82. The van der Waals surface area contributed by atoms with Crippen LogP contribution in [0.3, 0.4) is 0 Å². The number of halogens is 3. The molecule has 0 saturated carbocycles. The molecule has 0 fully saturated rings. The number of hydrogen-bond donors (Lipinski definition) is 0. The average molecular weight is 261 g/mol. The van der Waals surface area contributed by atoms with Crippen LogP contribution in [-0.2, 0) is 6.18 Å². The molecule has 2 aromatic carbocycles. The van der Waals surface area contributed by atoms with Gasteiger partial charge in [-0.25, -0.2) is 0 Å². The van der Waals surface area contributed by atoms with Crippen LogP contribution in [0.2, 0.25) is 0 Å². The fourth-order valence-electron chi connectivity index (χ4n) is 1.94. The number of hydrogen-bond acceptors (Lipinski definition) is 1. The fraction of sp³-hybridized carbons (Fsp3) is 0.133. The van der Waals surface area contributed by atoms with Crippen LogP contribution >= 0.6 is 0 Å². The molecule has 0 bridgehead atoms. The van der Waals surface area contributed by atoms with Gasteiger partial charge in [0.05, 0.1) is 17.2 Å². The summed E-state index contributed by atoms with van der Waals surface area (Å²) in [5.74, 6) is 0. The average Bonchev–Trinajstić information content (AvgIpc) is 2.37. The van der Waals surface area contributed by atoms with Gasteiger partial charge in [0.2, 0.25) is 0 Å². The van der Waals surface area contributed by atoms with Gasteiger partial charge in [0.15, 0.2) is 0 Å². The molecule has 19 heavy (non-hydrogen) atoms. The molecule has 1 nitrogen and oxygen atoms in total. The van der Waals surface area contributed by atoms with E-state index in [1.165, 1.54) is 24.3 Å². The highest BCUT2D eigenvalue weighted by Gasteiger charge is 2.33. The van der Waals surface area contributed by atoms with Crippen molar-refractivity contribution < 1.29 is 13.2 Å². The summed E-state index contributed by atoms with van der Waals surface area (Å²) in [5, 5.41) is 9.03. The number of alkyl halides is 3. The molecule has 96 valence electrons. The highest BCUT2D eigenvalue weighted by atomic mass is 19.4. The van der Waals surface area contributed by atoms with Crippen molar-refractivity contribution in [3.63, 3.8) is 0 Å². The normalized spacial score (nSPS) is 11.1. The maximum atomic E-state index is 13.0. The number of nitrogens with zero attached hydrogens (tertiary/aromatic N) is 1. The van der Waals surface area contributed by atoms with Gasteiger partial charge in [-0.3, -0.25) is 0 Å². The lowest BCUT2D eigenvalue weighted by molar-refractivity contribution is -0.137. The molecule has 4 heteroatoms. The molecular weight excluding hydrogens is 251 g/mol. The Kier molecular flexibility index (Phi) is 3.30. The smallest absolute Gasteiger partial charge is 0.192 e. The SMILES string of the molecule is Cc1ccc(C#N)c(-c2ccccc2C(F)(F)F)c1. The first-order chi connectivity index (χ1) is 8.93. The van der Waals surface area contributed by atoms with Crippen LogP contribution in [0.25, 0.3) is 11.1 Å². The lowest BCUT2D eigenvalue weighted by Crippen LogP contribution is -2.07. The molecule has 0 aliphatic rings. The van der Waals surface area contributed by atoms with Crippen molar-refractivity contribution in [2.45, 2.75) is 13.1 Å². The quantitative estimate of drug-likeness (QED) is 0.738. The molecule has 0 radical (unpaired) electrons. The van der Waals surface area contributed by atoms with E-state index < -0.39 is 11.7 Å². The zero-order valence-electron chi connectivity index (χ0n) is 10.1. The van der Waals surface area contributed by atoms with Crippen LogP contribution < -0.4 is 0 Å². The van der Waals surface area contributed by atoms with Crippen LogP contribution in [0, 0.1) is 18.3 Å².